The highest BCUT2D eigenvalue weighted by Gasteiger charge is 2.71. The minimum absolute atomic E-state index is 0.00143. The summed E-state index contributed by atoms with van der Waals surface area (Å²) in [5.41, 5.74) is 3.77. The molecule has 0 spiro atoms. The molecule has 5 aromatic rings. The molecule has 2 aliphatic rings. The Hall–Kier alpha value is -4.53. The van der Waals surface area contributed by atoms with Crippen LogP contribution < -0.4 is 0 Å². The first kappa shape index (κ1) is 25.4. The number of carbonyl (C=O) groups is 1. The topological polar surface area (TPSA) is 51.0 Å². The molecule has 0 bridgehead atoms. The first-order valence-electron chi connectivity index (χ1n) is 13.3. The van der Waals surface area contributed by atoms with E-state index in [0.717, 1.165) is 39.8 Å². The summed E-state index contributed by atoms with van der Waals surface area (Å²) in [6.45, 7) is 2.95. The molecular weight excluding hydrogens is 532 g/mol. The summed E-state index contributed by atoms with van der Waals surface area (Å²) in [6, 6.07) is 22.6. The van der Waals surface area contributed by atoms with E-state index >= 15 is 0 Å². The zero-order valence-electron chi connectivity index (χ0n) is 21.9. The highest BCUT2D eigenvalue weighted by Crippen LogP contribution is 2.69. The van der Waals surface area contributed by atoms with Crippen molar-refractivity contribution in [2.24, 2.45) is 5.92 Å². The number of piperidine rings is 1. The van der Waals surface area contributed by atoms with Crippen molar-refractivity contribution in [2.75, 3.05) is 13.1 Å². The number of hydrogen-bond donors (Lipinski definition) is 0. The van der Waals surface area contributed by atoms with Gasteiger partial charge in [-0.2, -0.15) is 18.3 Å². The van der Waals surface area contributed by atoms with E-state index in [0.29, 0.717) is 19.3 Å². The third-order valence-electron chi connectivity index (χ3n) is 8.62. The van der Waals surface area contributed by atoms with Gasteiger partial charge in [0.05, 0.1) is 23.0 Å². The quantitative estimate of drug-likeness (QED) is 0.232. The minimum atomic E-state index is -4.52. The molecule has 1 amide bonds. The Kier molecular flexibility index (Phi) is 5.58. The second-order valence-corrected chi connectivity index (χ2v) is 10.9. The molecule has 2 fully saturated rings. The predicted octanol–water partition coefficient (Wildman–Crippen LogP) is 6.69. The van der Waals surface area contributed by atoms with Gasteiger partial charge in [-0.1, -0.05) is 30.3 Å². The largest absolute Gasteiger partial charge is 0.417 e. The lowest BCUT2D eigenvalue weighted by atomic mass is 9.86. The van der Waals surface area contributed by atoms with Gasteiger partial charge < -0.3 is 4.90 Å². The van der Waals surface area contributed by atoms with Gasteiger partial charge in [0, 0.05) is 36.0 Å². The number of carbonyl (C=O) groups excluding carboxylic acids is 1. The number of rotatable bonds is 4. The van der Waals surface area contributed by atoms with Crippen LogP contribution >= 0.6 is 0 Å². The number of likely N-dealkylation sites (tertiary alicyclic amines) is 1. The number of alkyl halides is 3. The van der Waals surface area contributed by atoms with Gasteiger partial charge in [-0.15, -0.1) is 0 Å². The normalized spacial score (nSPS) is 21.7. The summed E-state index contributed by atoms with van der Waals surface area (Å²) in [6.07, 6.45) is -2.02. The van der Waals surface area contributed by atoms with Crippen LogP contribution in [-0.4, -0.2) is 38.7 Å². The number of fused-ring (bicyclic) bond motifs is 2. The fraction of sp³-hybridized carbons (Fsp3) is 0.219. The molecule has 5 nitrogen and oxygen atoms in total. The Labute approximate surface area is 233 Å². The number of halogens is 4. The summed E-state index contributed by atoms with van der Waals surface area (Å²) >= 11 is 0. The molecule has 9 heteroatoms. The number of benzene rings is 3. The van der Waals surface area contributed by atoms with Crippen molar-refractivity contribution < 1.29 is 22.4 Å². The molecule has 3 heterocycles. The molecule has 206 valence electrons. The number of aromatic nitrogens is 3. The van der Waals surface area contributed by atoms with E-state index in [1.165, 1.54) is 17.7 Å². The van der Waals surface area contributed by atoms with Crippen molar-refractivity contribution in [3.05, 3.63) is 125 Å². The Morgan fingerprint density at radius 3 is 2.41 bits per heavy atom. The average molecular weight is 557 g/mol. The van der Waals surface area contributed by atoms with Gasteiger partial charge in [-0.05, 0) is 78.1 Å². The van der Waals surface area contributed by atoms with Crippen molar-refractivity contribution >= 4 is 16.8 Å². The maximum Gasteiger partial charge on any atom is 0.417 e. The molecule has 0 radical (unpaired) electrons. The third kappa shape index (κ3) is 4.02. The summed E-state index contributed by atoms with van der Waals surface area (Å²) in [5, 5.41) is 5.49. The fourth-order valence-corrected chi connectivity index (χ4v) is 6.74. The maximum absolute atomic E-state index is 13.5. The van der Waals surface area contributed by atoms with Gasteiger partial charge in [-0.3, -0.25) is 9.78 Å². The van der Waals surface area contributed by atoms with E-state index in [-0.39, 0.29) is 34.7 Å². The summed E-state index contributed by atoms with van der Waals surface area (Å²) < 4.78 is 54.4. The SMILES string of the molecule is Cc1cc2c(cnn2-c2ccc(F)cc2)cc1[C@]12CN(C(=O)c3ccc(C(F)(F)F)cn3)C[C@H]1[C@@H]2c1ccccc1. The van der Waals surface area contributed by atoms with E-state index in [1.54, 1.807) is 27.9 Å². The Bertz CT molecular complexity index is 1780. The molecule has 3 aromatic carbocycles. The standard InChI is InChI=1S/C32H24F4N4O/c1-19-13-28-21(15-38-40(28)24-10-8-23(33)9-11-24)14-25(19)31-18-39(17-26(31)29(31)20-5-3-2-4-6-20)30(41)27-12-7-22(16-37-27)32(34,35)36/h2-16,26,29H,17-18H2,1H3/t26-,29-,31+/m0/s1. The van der Waals surface area contributed by atoms with Crippen LogP contribution in [0.1, 0.15) is 38.7 Å². The molecule has 1 saturated heterocycles. The molecule has 1 aliphatic carbocycles. The molecule has 0 unspecified atom stereocenters. The van der Waals surface area contributed by atoms with Crippen LogP contribution in [0.2, 0.25) is 0 Å². The van der Waals surface area contributed by atoms with E-state index in [1.807, 2.05) is 25.1 Å². The van der Waals surface area contributed by atoms with Gasteiger partial charge >= 0.3 is 6.18 Å². The number of nitrogens with zero attached hydrogens (tertiary/aromatic N) is 4. The van der Waals surface area contributed by atoms with Crippen molar-refractivity contribution in [2.45, 2.75) is 24.4 Å². The lowest BCUT2D eigenvalue weighted by molar-refractivity contribution is -0.137. The second-order valence-electron chi connectivity index (χ2n) is 10.9. The molecular formula is C32H24F4N4O. The van der Waals surface area contributed by atoms with Gasteiger partial charge in [0.25, 0.3) is 5.91 Å². The highest BCUT2D eigenvalue weighted by atomic mass is 19.4. The summed E-state index contributed by atoms with van der Waals surface area (Å²) in [5.74, 6) is -0.357. The Morgan fingerprint density at radius 2 is 1.73 bits per heavy atom. The van der Waals surface area contributed by atoms with E-state index in [4.69, 9.17) is 0 Å². The van der Waals surface area contributed by atoms with Gasteiger partial charge in [0.1, 0.15) is 11.5 Å². The van der Waals surface area contributed by atoms with Crippen molar-refractivity contribution in [1.29, 1.82) is 0 Å². The van der Waals surface area contributed by atoms with Crippen LogP contribution in [0.3, 0.4) is 0 Å². The van der Waals surface area contributed by atoms with Crippen LogP contribution in [0.4, 0.5) is 17.6 Å². The lowest BCUT2D eigenvalue weighted by Gasteiger charge is -2.25. The van der Waals surface area contributed by atoms with Gasteiger partial charge in [0.15, 0.2) is 0 Å². The molecule has 1 saturated carbocycles. The van der Waals surface area contributed by atoms with Crippen molar-refractivity contribution in [3.63, 3.8) is 0 Å². The van der Waals surface area contributed by atoms with Crippen LogP contribution in [0, 0.1) is 18.7 Å². The Morgan fingerprint density at radius 1 is 0.976 bits per heavy atom. The average Bonchev–Trinajstić information content (AvgIpc) is 3.22. The summed E-state index contributed by atoms with van der Waals surface area (Å²) in [4.78, 5) is 19.0. The fourth-order valence-electron chi connectivity index (χ4n) is 6.74. The van der Waals surface area contributed by atoms with Crippen LogP contribution in [-0.2, 0) is 11.6 Å². The van der Waals surface area contributed by atoms with E-state index in [9.17, 15) is 22.4 Å². The maximum atomic E-state index is 13.5. The van der Waals surface area contributed by atoms with Gasteiger partial charge in [-0.25, -0.2) is 9.07 Å². The number of hydrogen-bond acceptors (Lipinski definition) is 3. The number of aryl methyl sites for hydroxylation is 1. The summed E-state index contributed by atoms with van der Waals surface area (Å²) in [7, 11) is 0. The monoisotopic (exact) mass is 556 g/mol. The van der Waals surface area contributed by atoms with Crippen LogP contribution in [0.15, 0.2) is 91.3 Å². The number of amides is 1. The van der Waals surface area contributed by atoms with Gasteiger partial charge in [0.2, 0.25) is 0 Å². The predicted molar refractivity (Wildman–Crippen MR) is 145 cm³/mol. The molecule has 2 aromatic heterocycles. The van der Waals surface area contributed by atoms with E-state index < -0.39 is 11.7 Å². The Balaban J connectivity index is 1.26. The first-order chi connectivity index (χ1) is 19.7. The molecule has 7 rings (SSSR count). The zero-order valence-corrected chi connectivity index (χ0v) is 21.9. The number of pyridine rings is 1. The van der Waals surface area contributed by atoms with Crippen LogP contribution in [0.25, 0.3) is 16.6 Å². The van der Waals surface area contributed by atoms with Crippen LogP contribution in [0.5, 0.6) is 0 Å². The molecule has 1 aliphatic heterocycles. The highest BCUT2D eigenvalue weighted by molar-refractivity contribution is 5.93. The minimum Gasteiger partial charge on any atom is -0.336 e. The smallest absolute Gasteiger partial charge is 0.336 e. The van der Waals surface area contributed by atoms with E-state index in [2.05, 4.69) is 34.3 Å². The zero-order chi connectivity index (χ0) is 28.5. The third-order valence-corrected chi connectivity index (χ3v) is 8.62. The van der Waals surface area contributed by atoms with Crippen molar-refractivity contribution in [1.82, 2.24) is 19.7 Å². The molecule has 0 N–H and O–H groups in total. The van der Waals surface area contributed by atoms with Crippen molar-refractivity contribution in [3.8, 4) is 5.69 Å². The first-order valence-corrected chi connectivity index (χ1v) is 13.3. The lowest BCUT2D eigenvalue weighted by Crippen LogP contribution is -2.35. The molecule has 41 heavy (non-hydrogen) atoms. The second kappa shape index (κ2) is 8.99. The molecule has 3 atom stereocenters.